The smallest absolute Gasteiger partial charge is 0.241 e. The number of imide groups is 1. The Balaban J connectivity index is 1.81. The van der Waals surface area contributed by atoms with Gasteiger partial charge in [-0.3, -0.25) is 9.59 Å². The number of amides is 2. The van der Waals surface area contributed by atoms with Crippen molar-refractivity contribution < 1.29 is 19.4 Å². The number of carbonyl (C=O) groups is 2. The third-order valence-electron chi connectivity index (χ3n) is 4.50. The number of aliphatic hydroxyl groups is 1. The minimum atomic E-state index is -1.07. The molecule has 1 N–H and O–H groups in total. The van der Waals surface area contributed by atoms with E-state index in [-0.39, 0.29) is 18.4 Å². The van der Waals surface area contributed by atoms with Crippen molar-refractivity contribution in [3.05, 3.63) is 41.4 Å². The first-order valence-electron chi connectivity index (χ1n) is 6.69. The van der Waals surface area contributed by atoms with Gasteiger partial charge < -0.3 is 9.84 Å². The van der Waals surface area contributed by atoms with Crippen molar-refractivity contribution in [2.24, 2.45) is 11.8 Å². The SMILES string of the molecule is O=C1[C@H]2[C@H]3C=C[C@@](CO)(O3)[C@H]2C(=O)N1c1ccccc1Cl. The maximum Gasteiger partial charge on any atom is 0.241 e. The predicted molar refractivity (Wildman–Crippen MR) is 74.8 cm³/mol. The first-order chi connectivity index (χ1) is 10.1. The molecule has 4 atom stereocenters. The van der Waals surface area contributed by atoms with Gasteiger partial charge in [0.05, 0.1) is 35.3 Å². The molecule has 2 bridgehead atoms. The van der Waals surface area contributed by atoms with Gasteiger partial charge in [0.15, 0.2) is 0 Å². The van der Waals surface area contributed by atoms with Crippen molar-refractivity contribution >= 4 is 29.1 Å². The number of aliphatic hydroxyl groups excluding tert-OH is 1. The van der Waals surface area contributed by atoms with Crippen molar-refractivity contribution in [3.8, 4) is 0 Å². The van der Waals surface area contributed by atoms with E-state index in [0.29, 0.717) is 10.7 Å². The molecule has 1 aromatic carbocycles. The average molecular weight is 306 g/mol. The van der Waals surface area contributed by atoms with Gasteiger partial charge in [0.25, 0.3) is 0 Å². The standard InChI is InChI=1S/C15H12ClNO4/c16-8-3-1-2-4-9(8)17-13(19)11-10-5-6-15(7-18,21-10)12(11)14(17)20/h1-6,10-12,18H,7H2/t10-,11+,12-,15+/m1/s1. The number of benzene rings is 1. The number of hydrogen-bond donors (Lipinski definition) is 1. The molecule has 2 amide bonds. The highest BCUT2D eigenvalue weighted by Gasteiger charge is 2.67. The first kappa shape index (κ1) is 13.0. The molecule has 3 aliphatic heterocycles. The molecule has 2 fully saturated rings. The van der Waals surface area contributed by atoms with E-state index in [1.807, 2.05) is 0 Å². The van der Waals surface area contributed by atoms with E-state index in [4.69, 9.17) is 16.3 Å². The van der Waals surface area contributed by atoms with E-state index in [2.05, 4.69) is 0 Å². The molecule has 0 spiro atoms. The number of fused-ring (bicyclic) bond motifs is 5. The molecule has 0 radical (unpaired) electrons. The Morgan fingerprint density at radius 3 is 2.76 bits per heavy atom. The Morgan fingerprint density at radius 1 is 1.29 bits per heavy atom. The molecule has 0 saturated carbocycles. The lowest BCUT2D eigenvalue weighted by molar-refractivity contribution is -0.128. The van der Waals surface area contributed by atoms with Gasteiger partial charge in [-0.25, -0.2) is 4.90 Å². The Bertz CT molecular complexity index is 688. The van der Waals surface area contributed by atoms with E-state index in [1.165, 1.54) is 0 Å². The Morgan fingerprint density at radius 2 is 2.05 bits per heavy atom. The highest BCUT2D eigenvalue weighted by Crippen LogP contribution is 2.52. The average Bonchev–Trinajstić information content (AvgIpc) is 3.12. The number of anilines is 1. The van der Waals surface area contributed by atoms with Crippen LogP contribution in [0.1, 0.15) is 0 Å². The minimum Gasteiger partial charge on any atom is -0.393 e. The Kier molecular flexibility index (Phi) is 2.58. The Hall–Kier alpha value is -1.69. The second kappa shape index (κ2) is 4.16. The van der Waals surface area contributed by atoms with Gasteiger partial charge >= 0.3 is 0 Å². The maximum atomic E-state index is 12.7. The maximum absolute atomic E-state index is 12.7. The fraction of sp³-hybridized carbons (Fsp3) is 0.333. The lowest BCUT2D eigenvalue weighted by atomic mass is 9.77. The molecule has 4 rings (SSSR count). The third-order valence-corrected chi connectivity index (χ3v) is 4.82. The van der Waals surface area contributed by atoms with Crippen LogP contribution < -0.4 is 4.90 Å². The molecule has 0 aromatic heterocycles. The normalized spacial score (nSPS) is 36.7. The zero-order valence-electron chi connectivity index (χ0n) is 10.9. The summed E-state index contributed by atoms with van der Waals surface area (Å²) in [5.74, 6) is -1.94. The summed E-state index contributed by atoms with van der Waals surface area (Å²) >= 11 is 6.11. The van der Waals surface area contributed by atoms with E-state index in [0.717, 1.165) is 4.90 Å². The van der Waals surface area contributed by atoms with Crippen LogP contribution in [0.4, 0.5) is 5.69 Å². The topological polar surface area (TPSA) is 66.8 Å². The largest absolute Gasteiger partial charge is 0.393 e. The number of carbonyl (C=O) groups excluding carboxylic acids is 2. The first-order valence-corrected chi connectivity index (χ1v) is 7.07. The highest BCUT2D eigenvalue weighted by molar-refractivity contribution is 6.36. The fourth-order valence-electron chi connectivity index (χ4n) is 3.55. The molecule has 5 nitrogen and oxygen atoms in total. The summed E-state index contributed by atoms with van der Waals surface area (Å²) in [6.07, 6.45) is 2.99. The zero-order valence-corrected chi connectivity index (χ0v) is 11.7. The van der Waals surface area contributed by atoms with Gasteiger partial charge in [0.2, 0.25) is 11.8 Å². The van der Waals surface area contributed by atoms with Crippen molar-refractivity contribution in [2.75, 3.05) is 11.5 Å². The van der Waals surface area contributed by atoms with E-state index >= 15 is 0 Å². The molecule has 2 saturated heterocycles. The van der Waals surface area contributed by atoms with Crippen LogP contribution in [-0.4, -0.2) is 35.2 Å². The summed E-state index contributed by atoms with van der Waals surface area (Å²) in [7, 11) is 0. The van der Waals surface area contributed by atoms with Gasteiger partial charge in [-0.2, -0.15) is 0 Å². The second-order valence-corrected chi connectivity index (χ2v) is 5.93. The van der Waals surface area contributed by atoms with Gasteiger partial charge in [-0.05, 0) is 12.1 Å². The van der Waals surface area contributed by atoms with Crippen LogP contribution in [0.5, 0.6) is 0 Å². The molecule has 21 heavy (non-hydrogen) atoms. The van der Waals surface area contributed by atoms with Crippen LogP contribution in [0.2, 0.25) is 5.02 Å². The molecular weight excluding hydrogens is 294 g/mol. The monoisotopic (exact) mass is 305 g/mol. The van der Waals surface area contributed by atoms with E-state index in [9.17, 15) is 14.7 Å². The summed E-state index contributed by atoms with van der Waals surface area (Å²) in [6.45, 7) is -0.323. The second-order valence-electron chi connectivity index (χ2n) is 5.52. The van der Waals surface area contributed by atoms with Gasteiger partial charge in [0.1, 0.15) is 5.60 Å². The number of hydrogen-bond acceptors (Lipinski definition) is 4. The van der Waals surface area contributed by atoms with Crippen LogP contribution in [0.3, 0.4) is 0 Å². The molecule has 0 aliphatic carbocycles. The van der Waals surface area contributed by atoms with E-state index < -0.39 is 23.5 Å². The molecule has 6 heteroatoms. The van der Waals surface area contributed by atoms with Crippen molar-refractivity contribution in [1.82, 2.24) is 0 Å². The number of rotatable bonds is 2. The van der Waals surface area contributed by atoms with Crippen LogP contribution in [0.15, 0.2) is 36.4 Å². The number of ether oxygens (including phenoxy) is 1. The van der Waals surface area contributed by atoms with E-state index in [1.54, 1.807) is 36.4 Å². The number of para-hydroxylation sites is 1. The zero-order chi connectivity index (χ0) is 14.8. The van der Waals surface area contributed by atoms with Crippen molar-refractivity contribution in [2.45, 2.75) is 11.7 Å². The molecule has 3 aliphatic rings. The molecule has 3 heterocycles. The van der Waals surface area contributed by atoms with Crippen LogP contribution in [-0.2, 0) is 14.3 Å². The summed E-state index contributed by atoms with van der Waals surface area (Å²) in [4.78, 5) is 26.5. The number of halogens is 1. The Labute approximate surface area is 125 Å². The lowest BCUT2D eigenvalue weighted by Crippen LogP contribution is -2.43. The molecule has 0 unspecified atom stereocenters. The minimum absolute atomic E-state index is 0.317. The summed E-state index contributed by atoms with van der Waals surface area (Å²) in [5, 5.41) is 9.97. The third kappa shape index (κ3) is 1.48. The molecule has 108 valence electrons. The van der Waals surface area contributed by atoms with Crippen LogP contribution in [0, 0.1) is 11.8 Å². The van der Waals surface area contributed by atoms with Crippen LogP contribution >= 0.6 is 11.6 Å². The quantitative estimate of drug-likeness (QED) is 0.657. The fourth-order valence-corrected chi connectivity index (χ4v) is 3.77. The lowest BCUT2D eigenvalue weighted by Gasteiger charge is -2.26. The summed E-state index contributed by atoms with van der Waals surface area (Å²) in [5.41, 5.74) is -0.686. The summed E-state index contributed by atoms with van der Waals surface area (Å²) in [6, 6.07) is 6.74. The van der Waals surface area contributed by atoms with Gasteiger partial charge in [0, 0.05) is 0 Å². The van der Waals surface area contributed by atoms with Gasteiger partial charge in [-0.15, -0.1) is 0 Å². The van der Waals surface area contributed by atoms with Gasteiger partial charge in [-0.1, -0.05) is 35.9 Å². The van der Waals surface area contributed by atoms with Crippen LogP contribution in [0.25, 0.3) is 0 Å². The highest BCUT2D eigenvalue weighted by atomic mass is 35.5. The van der Waals surface area contributed by atoms with Crippen molar-refractivity contribution in [3.63, 3.8) is 0 Å². The summed E-state index contributed by atoms with van der Waals surface area (Å²) < 4.78 is 5.67. The molecule has 1 aromatic rings. The molecular formula is C15H12ClNO4. The van der Waals surface area contributed by atoms with Crippen molar-refractivity contribution in [1.29, 1.82) is 0 Å². The number of nitrogens with zero attached hydrogens (tertiary/aromatic N) is 1. The predicted octanol–water partition coefficient (Wildman–Crippen LogP) is 1.15.